The lowest BCUT2D eigenvalue weighted by atomic mass is 9.85. The van der Waals surface area contributed by atoms with E-state index in [2.05, 4.69) is 20.3 Å². The summed E-state index contributed by atoms with van der Waals surface area (Å²) in [5.74, 6) is -4.15. The predicted molar refractivity (Wildman–Crippen MR) is 152 cm³/mol. The number of piperazine rings is 1. The molecule has 240 valence electrons. The molecule has 1 aromatic carbocycles. The molecule has 4 fully saturated rings. The maximum absolute atomic E-state index is 16.8. The Morgan fingerprint density at radius 2 is 2.02 bits per heavy atom. The molecule has 0 unspecified atom stereocenters. The van der Waals surface area contributed by atoms with Crippen molar-refractivity contribution in [2.45, 2.75) is 68.4 Å². The Hall–Kier alpha value is -3.30. The van der Waals surface area contributed by atoms with E-state index in [1.54, 1.807) is 4.90 Å². The number of aryl methyl sites for hydroxylation is 1. The summed E-state index contributed by atoms with van der Waals surface area (Å²) in [5, 5.41) is 3.21. The van der Waals surface area contributed by atoms with Crippen LogP contribution in [0.15, 0.2) is 6.07 Å². The molecule has 45 heavy (non-hydrogen) atoms. The van der Waals surface area contributed by atoms with Gasteiger partial charge in [-0.05, 0) is 37.8 Å². The number of nitrogens with zero attached hydrogens (tertiary/aromatic N) is 5. The molecular formula is C29H28ClF6N7O2. The van der Waals surface area contributed by atoms with E-state index in [1.807, 2.05) is 4.90 Å². The van der Waals surface area contributed by atoms with Gasteiger partial charge < -0.3 is 25.4 Å². The van der Waals surface area contributed by atoms with Crippen LogP contribution in [0.4, 0.5) is 38.0 Å². The fraction of sp³-hybridized carbons (Fsp3) is 0.552. The Bertz CT molecular complexity index is 1760. The highest BCUT2D eigenvalue weighted by molar-refractivity contribution is 6.36. The zero-order valence-electron chi connectivity index (χ0n) is 23.9. The first-order valence-electron chi connectivity index (χ1n) is 14.7. The number of hydrogen-bond acceptors (Lipinski definition) is 9. The van der Waals surface area contributed by atoms with E-state index in [0.29, 0.717) is 19.5 Å². The van der Waals surface area contributed by atoms with Crippen LogP contribution in [0.2, 0.25) is 5.02 Å². The average Bonchev–Trinajstić information content (AvgIpc) is 3.34. The number of pyridine rings is 1. The number of nitrogens with one attached hydrogen (secondary N) is 1. The van der Waals surface area contributed by atoms with Gasteiger partial charge in [0.25, 0.3) is 5.92 Å². The summed E-state index contributed by atoms with van der Waals surface area (Å²) in [5.41, 5.74) is 1.62. The summed E-state index contributed by atoms with van der Waals surface area (Å²) in [6, 6.07) is 0.628. The standard InChI is InChI=1S/C29H28ClF6N7O2/c1-12-6-16(37)39-22(19(12)29(34,35)36)17-20(30)24-18-23(21(17)31)40-26(45-11-27-4-5-42(27)10-28(32,33)9-27)41-25(18)43-7-13-2-3-14(38-13)15(43)8-44-24/h6,13-15,38H,2-5,7-11H2,1H3,(H2,37,39)/t13-,14+,15-,27+/m1/s1. The van der Waals surface area contributed by atoms with Crippen LogP contribution >= 0.6 is 11.6 Å². The molecule has 4 saturated heterocycles. The monoisotopic (exact) mass is 655 g/mol. The zero-order valence-corrected chi connectivity index (χ0v) is 24.7. The van der Waals surface area contributed by atoms with E-state index < -0.39 is 51.7 Å². The minimum atomic E-state index is -4.92. The molecular weight excluding hydrogens is 628 g/mol. The van der Waals surface area contributed by atoms with Crippen LogP contribution in [0, 0.1) is 12.7 Å². The molecule has 8 rings (SSSR count). The molecule has 2 bridgehead atoms. The second-order valence-electron chi connectivity index (χ2n) is 12.8. The molecule has 3 N–H and O–H groups in total. The number of hydrogen-bond donors (Lipinski definition) is 2. The van der Waals surface area contributed by atoms with Crippen molar-refractivity contribution in [3.8, 4) is 23.0 Å². The highest BCUT2D eigenvalue weighted by atomic mass is 35.5. The fourth-order valence-corrected chi connectivity index (χ4v) is 8.18. The number of fused-ring (bicyclic) bond motifs is 6. The van der Waals surface area contributed by atoms with Gasteiger partial charge in [-0.3, -0.25) is 4.90 Å². The van der Waals surface area contributed by atoms with E-state index in [-0.39, 0.29) is 77.7 Å². The quantitative estimate of drug-likeness (QED) is 0.378. The molecule has 0 spiro atoms. The second kappa shape index (κ2) is 9.61. The van der Waals surface area contributed by atoms with E-state index in [4.69, 9.17) is 26.8 Å². The van der Waals surface area contributed by atoms with Crippen molar-refractivity contribution in [2.24, 2.45) is 0 Å². The minimum Gasteiger partial charge on any atom is -0.489 e. The van der Waals surface area contributed by atoms with Crippen molar-refractivity contribution in [1.82, 2.24) is 25.2 Å². The van der Waals surface area contributed by atoms with Crippen LogP contribution in [0.5, 0.6) is 11.8 Å². The van der Waals surface area contributed by atoms with Gasteiger partial charge in [0, 0.05) is 31.6 Å². The van der Waals surface area contributed by atoms with Crippen molar-refractivity contribution < 1.29 is 35.8 Å². The van der Waals surface area contributed by atoms with Crippen LogP contribution < -0.4 is 25.4 Å². The number of benzene rings is 1. The first kappa shape index (κ1) is 29.1. The Kier molecular flexibility index (Phi) is 6.22. The maximum Gasteiger partial charge on any atom is 0.418 e. The topological polar surface area (TPSA) is 102 Å². The van der Waals surface area contributed by atoms with Crippen LogP contribution in [0.25, 0.3) is 22.2 Å². The molecule has 5 aliphatic rings. The largest absolute Gasteiger partial charge is 0.489 e. The lowest BCUT2D eigenvalue weighted by Crippen LogP contribution is -2.60. The van der Waals surface area contributed by atoms with Crippen molar-refractivity contribution in [3.63, 3.8) is 0 Å². The van der Waals surface area contributed by atoms with E-state index >= 15 is 4.39 Å². The number of nitrogen functional groups attached to an aromatic ring is 1. The molecule has 3 aromatic rings. The van der Waals surface area contributed by atoms with Gasteiger partial charge in [-0.25, -0.2) is 18.2 Å². The third kappa shape index (κ3) is 4.40. The number of aromatic nitrogens is 3. The van der Waals surface area contributed by atoms with Crippen molar-refractivity contribution in [2.75, 3.05) is 43.5 Å². The Balaban J connectivity index is 1.33. The number of halogens is 7. The zero-order chi connectivity index (χ0) is 31.6. The summed E-state index contributed by atoms with van der Waals surface area (Å²) >= 11 is 6.75. The van der Waals surface area contributed by atoms with Gasteiger partial charge in [-0.2, -0.15) is 23.1 Å². The Morgan fingerprint density at radius 3 is 2.73 bits per heavy atom. The molecule has 0 amide bonds. The lowest BCUT2D eigenvalue weighted by molar-refractivity contribution is -0.137. The molecule has 16 heteroatoms. The molecule has 0 aliphatic carbocycles. The third-order valence-corrected chi connectivity index (χ3v) is 10.3. The summed E-state index contributed by atoms with van der Waals surface area (Å²) in [6.07, 6.45) is -3.07. The molecule has 2 aromatic heterocycles. The Morgan fingerprint density at radius 1 is 1.22 bits per heavy atom. The number of ether oxygens (including phenoxy) is 2. The average molecular weight is 656 g/mol. The van der Waals surface area contributed by atoms with Gasteiger partial charge >= 0.3 is 12.2 Å². The van der Waals surface area contributed by atoms with Crippen LogP contribution in [0.3, 0.4) is 0 Å². The van der Waals surface area contributed by atoms with Crippen LogP contribution in [0.1, 0.15) is 36.8 Å². The van der Waals surface area contributed by atoms with Gasteiger partial charge in [0.15, 0.2) is 11.6 Å². The summed E-state index contributed by atoms with van der Waals surface area (Å²) in [7, 11) is 0. The number of anilines is 2. The highest BCUT2D eigenvalue weighted by Crippen LogP contribution is 2.52. The normalized spacial score (nSPS) is 28.4. The van der Waals surface area contributed by atoms with E-state index in [9.17, 15) is 22.0 Å². The minimum absolute atomic E-state index is 0.00810. The summed E-state index contributed by atoms with van der Waals surface area (Å²) < 4.78 is 101. The van der Waals surface area contributed by atoms with Crippen molar-refractivity contribution in [1.29, 1.82) is 0 Å². The molecule has 7 heterocycles. The molecule has 4 atom stereocenters. The van der Waals surface area contributed by atoms with Crippen LogP contribution in [-0.2, 0) is 6.18 Å². The molecule has 0 saturated carbocycles. The number of alkyl halides is 5. The SMILES string of the molecule is Cc1cc(N)nc(-c2c(Cl)c3c4c(nc(OC[C@@]56CCN5CC(F)(F)C6)nc4c2F)N2C[C@H]4CC[C@H](N4)[C@H]2CO3)c1C(F)(F)F. The van der Waals surface area contributed by atoms with E-state index in [1.165, 1.54) is 6.92 Å². The summed E-state index contributed by atoms with van der Waals surface area (Å²) in [6.45, 7) is 1.73. The van der Waals surface area contributed by atoms with Gasteiger partial charge in [0.2, 0.25) is 0 Å². The van der Waals surface area contributed by atoms with Gasteiger partial charge in [-0.1, -0.05) is 11.6 Å². The Labute approximate surface area is 258 Å². The van der Waals surface area contributed by atoms with Gasteiger partial charge in [0.1, 0.15) is 30.4 Å². The molecule has 5 aliphatic heterocycles. The summed E-state index contributed by atoms with van der Waals surface area (Å²) in [4.78, 5) is 16.5. The van der Waals surface area contributed by atoms with Gasteiger partial charge in [-0.15, -0.1) is 0 Å². The fourth-order valence-electron chi connectivity index (χ4n) is 7.86. The molecule has 9 nitrogen and oxygen atoms in total. The van der Waals surface area contributed by atoms with E-state index in [0.717, 1.165) is 18.9 Å². The number of rotatable bonds is 4. The third-order valence-electron chi connectivity index (χ3n) is 9.93. The maximum atomic E-state index is 16.8. The van der Waals surface area contributed by atoms with Crippen molar-refractivity contribution >= 4 is 34.1 Å². The predicted octanol–water partition coefficient (Wildman–Crippen LogP) is 4.96. The first-order valence-corrected chi connectivity index (χ1v) is 15.1. The highest BCUT2D eigenvalue weighted by Gasteiger charge is 2.60. The lowest BCUT2D eigenvalue weighted by Gasteiger charge is -2.46. The van der Waals surface area contributed by atoms with Gasteiger partial charge in [0.05, 0.1) is 45.4 Å². The molecule has 0 radical (unpaired) electrons. The first-order chi connectivity index (χ1) is 21.2. The smallest absolute Gasteiger partial charge is 0.418 e. The van der Waals surface area contributed by atoms with Crippen molar-refractivity contribution in [3.05, 3.63) is 28.0 Å². The van der Waals surface area contributed by atoms with Crippen LogP contribution in [-0.4, -0.2) is 82.3 Å². The number of nitrogens with two attached hydrogens (primary N) is 1. The second-order valence-corrected chi connectivity index (χ2v) is 13.1.